The largest absolute Gasteiger partial charge is 0.463 e. The molecule has 2 rings (SSSR count). The minimum atomic E-state index is -0.652. The topological polar surface area (TPSA) is 107 Å². The first-order valence-corrected chi connectivity index (χ1v) is 6.45. The lowest BCUT2D eigenvalue weighted by Gasteiger charge is -2.09. The standard InChI is InChI=1S/C13H14N6O2/c1-4-8-9(6-14)12(17-16-10(8)5-2)19-7-15-11(18-19)13(20)21-3/h7H,4-5H2,1-3H3. The SMILES string of the molecule is CCc1nnc(-n2cnc(C(=O)OC)n2)c(C#N)c1CC. The molecule has 0 radical (unpaired) electrons. The molecule has 0 spiro atoms. The molecule has 0 aliphatic heterocycles. The van der Waals surface area contributed by atoms with Gasteiger partial charge < -0.3 is 4.74 Å². The molecule has 0 bridgehead atoms. The number of nitriles is 1. The highest BCUT2D eigenvalue weighted by Gasteiger charge is 2.18. The van der Waals surface area contributed by atoms with Crippen molar-refractivity contribution in [3.63, 3.8) is 0 Å². The van der Waals surface area contributed by atoms with Crippen LogP contribution in [0.4, 0.5) is 0 Å². The van der Waals surface area contributed by atoms with Crippen molar-refractivity contribution in [1.29, 1.82) is 5.26 Å². The van der Waals surface area contributed by atoms with Crippen LogP contribution in [0, 0.1) is 11.3 Å². The molecule has 0 aromatic carbocycles. The normalized spacial score (nSPS) is 10.2. The average molecular weight is 286 g/mol. The van der Waals surface area contributed by atoms with Gasteiger partial charge in [-0.2, -0.15) is 15.0 Å². The maximum Gasteiger partial charge on any atom is 0.377 e. The Labute approximate surface area is 121 Å². The molecule has 0 fully saturated rings. The zero-order valence-corrected chi connectivity index (χ0v) is 12.0. The Morgan fingerprint density at radius 2 is 2.14 bits per heavy atom. The van der Waals surface area contributed by atoms with Crippen molar-refractivity contribution in [3.05, 3.63) is 29.0 Å². The fourth-order valence-electron chi connectivity index (χ4n) is 1.99. The van der Waals surface area contributed by atoms with Crippen LogP contribution in [-0.4, -0.2) is 38.0 Å². The van der Waals surface area contributed by atoms with Crippen LogP contribution in [0.25, 0.3) is 5.82 Å². The first-order valence-electron chi connectivity index (χ1n) is 6.45. The van der Waals surface area contributed by atoms with Crippen LogP contribution >= 0.6 is 0 Å². The summed E-state index contributed by atoms with van der Waals surface area (Å²) in [6.45, 7) is 3.90. The van der Waals surface area contributed by atoms with Gasteiger partial charge in [0.15, 0.2) is 5.82 Å². The molecule has 8 nitrogen and oxygen atoms in total. The molecular formula is C13H14N6O2. The molecule has 0 N–H and O–H groups in total. The zero-order chi connectivity index (χ0) is 15.4. The Balaban J connectivity index is 2.57. The van der Waals surface area contributed by atoms with Gasteiger partial charge in [0.2, 0.25) is 0 Å². The molecule has 2 aromatic rings. The highest BCUT2D eigenvalue weighted by atomic mass is 16.5. The second-order valence-electron chi connectivity index (χ2n) is 4.15. The van der Waals surface area contributed by atoms with Gasteiger partial charge in [-0.05, 0) is 18.4 Å². The summed E-state index contributed by atoms with van der Waals surface area (Å²) in [7, 11) is 1.24. The number of nitrogens with zero attached hydrogens (tertiary/aromatic N) is 6. The number of hydrogen-bond donors (Lipinski definition) is 0. The Morgan fingerprint density at radius 3 is 2.71 bits per heavy atom. The lowest BCUT2D eigenvalue weighted by Crippen LogP contribution is -2.11. The van der Waals surface area contributed by atoms with Gasteiger partial charge in [-0.1, -0.05) is 13.8 Å². The van der Waals surface area contributed by atoms with E-state index >= 15 is 0 Å². The Bertz CT molecular complexity index is 716. The summed E-state index contributed by atoms with van der Waals surface area (Å²) < 4.78 is 5.81. The number of methoxy groups -OCH3 is 1. The maximum absolute atomic E-state index is 11.4. The second kappa shape index (κ2) is 6.09. The van der Waals surface area contributed by atoms with Gasteiger partial charge in [0.1, 0.15) is 18.0 Å². The second-order valence-corrected chi connectivity index (χ2v) is 4.15. The molecule has 21 heavy (non-hydrogen) atoms. The molecule has 0 atom stereocenters. The highest BCUT2D eigenvalue weighted by molar-refractivity contribution is 5.84. The summed E-state index contributed by atoms with van der Waals surface area (Å²) in [5, 5.41) is 21.5. The van der Waals surface area contributed by atoms with Crippen LogP contribution in [0.15, 0.2) is 6.33 Å². The van der Waals surface area contributed by atoms with Gasteiger partial charge in [-0.3, -0.25) is 0 Å². The van der Waals surface area contributed by atoms with E-state index in [1.54, 1.807) is 0 Å². The van der Waals surface area contributed by atoms with E-state index in [0.717, 1.165) is 11.3 Å². The van der Waals surface area contributed by atoms with Gasteiger partial charge in [-0.25, -0.2) is 9.78 Å². The molecule has 0 saturated carbocycles. The fourth-order valence-corrected chi connectivity index (χ4v) is 1.99. The van der Waals surface area contributed by atoms with Gasteiger partial charge in [0.25, 0.3) is 5.82 Å². The molecule has 0 aliphatic carbocycles. The van der Waals surface area contributed by atoms with Crippen LogP contribution in [0.3, 0.4) is 0 Å². The summed E-state index contributed by atoms with van der Waals surface area (Å²) in [4.78, 5) is 15.2. The Hall–Kier alpha value is -2.82. The number of carbonyl (C=O) groups is 1. The van der Waals surface area contributed by atoms with Crippen LogP contribution < -0.4 is 0 Å². The van der Waals surface area contributed by atoms with Crippen molar-refractivity contribution >= 4 is 5.97 Å². The van der Waals surface area contributed by atoms with Gasteiger partial charge >= 0.3 is 5.97 Å². The number of aromatic nitrogens is 5. The van der Waals surface area contributed by atoms with Crippen LogP contribution in [0.5, 0.6) is 0 Å². The quantitative estimate of drug-likeness (QED) is 0.766. The van der Waals surface area contributed by atoms with E-state index in [-0.39, 0.29) is 11.6 Å². The number of ether oxygens (including phenoxy) is 1. The van der Waals surface area contributed by atoms with Crippen molar-refractivity contribution in [3.8, 4) is 11.9 Å². The van der Waals surface area contributed by atoms with E-state index < -0.39 is 5.97 Å². The number of hydrogen-bond acceptors (Lipinski definition) is 7. The first kappa shape index (κ1) is 14.6. The summed E-state index contributed by atoms with van der Waals surface area (Å²) in [5.74, 6) is -0.490. The monoisotopic (exact) mass is 286 g/mol. The van der Waals surface area contributed by atoms with Crippen molar-refractivity contribution in [2.24, 2.45) is 0 Å². The van der Waals surface area contributed by atoms with Crippen molar-refractivity contribution in [2.75, 3.05) is 7.11 Å². The Kier molecular flexibility index (Phi) is 4.23. The molecule has 108 valence electrons. The maximum atomic E-state index is 11.4. The van der Waals surface area contributed by atoms with E-state index in [9.17, 15) is 10.1 Å². The number of rotatable bonds is 4. The molecule has 0 saturated heterocycles. The van der Waals surface area contributed by atoms with E-state index in [0.29, 0.717) is 18.4 Å². The summed E-state index contributed by atoms with van der Waals surface area (Å²) in [5.41, 5.74) is 2.01. The summed E-state index contributed by atoms with van der Waals surface area (Å²) >= 11 is 0. The van der Waals surface area contributed by atoms with E-state index in [1.807, 2.05) is 13.8 Å². The minimum Gasteiger partial charge on any atom is -0.463 e. The molecule has 2 aromatic heterocycles. The number of carbonyl (C=O) groups excluding carboxylic acids is 1. The summed E-state index contributed by atoms with van der Waals surface area (Å²) in [6.07, 6.45) is 2.66. The molecule has 0 aliphatic rings. The van der Waals surface area contributed by atoms with Crippen molar-refractivity contribution < 1.29 is 9.53 Å². The lowest BCUT2D eigenvalue weighted by atomic mass is 10.0. The molecule has 8 heteroatoms. The van der Waals surface area contributed by atoms with E-state index in [2.05, 4.69) is 31.1 Å². The third kappa shape index (κ3) is 2.58. The third-order valence-corrected chi connectivity index (χ3v) is 3.02. The summed E-state index contributed by atoms with van der Waals surface area (Å²) in [6, 6.07) is 2.13. The minimum absolute atomic E-state index is 0.0965. The molecule has 0 unspecified atom stereocenters. The number of aryl methyl sites for hydroxylation is 1. The number of esters is 1. The van der Waals surface area contributed by atoms with E-state index in [4.69, 9.17) is 0 Å². The Morgan fingerprint density at radius 1 is 1.38 bits per heavy atom. The average Bonchev–Trinajstić information content (AvgIpc) is 3.02. The smallest absolute Gasteiger partial charge is 0.377 e. The molecular weight excluding hydrogens is 272 g/mol. The first-order chi connectivity index (χ1) is 10.2. The lowest BCUT2D eigenvalue weighted by molar-refractivity contribution is 0.0587. The predicted molar refractivity (Wildman–Crippen MR) is 71.8 cm³/mol. The molecule has 0 amide bonds. The van der Waals surface area contributed by atoms with Gasteiger partial charge in [0.05, 0.1) is 12.8 Å². The van der Waals surface area contributed by atoms with Crippen molar-refractivity contribution in [1.82, 2.24) is 25.0 Å². The van der Waals surface area contributed by atoms with Crippen LogP contribution in [0.2, 0.25) is 0 Å². The third-order valence-electron chi connectivity index (χ3n) is 3.02. The molecule has 2 heterocycles. The van der Waals surface area contributed by atoms with Crippen LogP contribution in [0.1, 0.15) is 41.3 Å². The fraction of sp³-hybridized carbons (Fsp3) is 0.385. The predicted octanol–water partition coefficient (Wildman–Crippen LogP) is 0.840. The van der Waals surface area contributed by atoms with Gasteiger partial charge in [-0.15, -0.1) is 10.2 Å². The van der Waals surface area contributed by atoms with Crippen molar-refractivity contribution in [2.45, 2.75) is 26.7 Å². The van der Waals surface area contributed by atoms with E-state index in [1.165, 1.54) is 18.1 Å². The zero-order valence-electron chi connectivity index (χ0n) is 12.0. The highest BCUT2D eigenvalue weighted by Crippen LogP contribution is 2.18. The van der Waals surface area contributed by atoms with Crippen LogP contribution in [-0.2, 0) is 17.6 Å². The van der Waals surface area contributed by atoms with Gasteiger partial charge in [0, 0.05) is 0 Å².